The molecular weight excluding hydrogens is 270 g/mol. The van der Waals surface area contributed by atoms with Crippen molar-refractivity contribution in [1.29, 1.82) is 0 Å². The molecule has 0 saturated carbocycles. The number of amides is 1. The van der Waals surface area contributed by atoms with Gasteiger partial charge < -0.3 is 14.8 Å². The van der Waals surface area contributed by atoms with Gasteiger partial charge in [0.05, 0.1) is 6.61 Å². The van der Waals surface area contributed by atoms with Crippen LogP contribution in [0.25, 0.3) is 0 Å². The largest absolute Gasteiger partial charge is 0.459 e. The van der Waals surface area contributed by atoms with Crippen LogP contribution in [0.4, 0.5) is 4.79 Å². The number of ether oxygens (including phenoxy) is 2. The van der Waals surface area contributed by atoms with Gasteiger partial charge in [0, 0.05) is 0 Å². The maximum atomic E-state index is 12.1. The topological polar surface area (TPSA) is 64.6 Å². The standard InChI is InChI=1S/C16H23NO4/c1-4-20-16(19)17-14(10-12(2)3)15(18)21-11-13-8-6-5-7-9-13/h5-9,12,14H,4,10-11H2,1-3H3,(H,17,19). The summed E-state index contributed by atoms with van der Waals surface area (Å²) < 4.78 is 10.1. The maximum Gasteiger partial charge on any atom is 0.407 e. The van der Waals surface area contributed by atoms with Gasteiger partial charge in [-0.15, -0.1) is 0 Å². The summed E-state index contributed by atoms with van der Waals surface area (Å²) in [5.74, 6) is -0.193. The first-order valence-corrected chi connectivity index (χ1v) is 7.16. The third kappa shape index (κ3) is 6.79. The first-order valence-electron chi connectivity index (χ1n) is 7.16. The van der Waals surface area contributed by atoms with Gasteiger partial charge in [-0.1, -0.05) is 44.2 Å². The van der Waals surface area contributed by atoms with Gasteiger partial charge in [-0.05, 0) is 24.8 Å². The van der Waals surface area contributed by atoms with Gasteiger partial charge in [-0.25, -0.2) is 9.59 Å². The second-order valence-electron chi connectivity index (χ2n) is 5.14. The van der Waals surface area contributed by atoms with E-state index in [0.717, 1.165) is 5.56 Å². The van der Waals surface area contributed by atoms with Gasteiger partial charge in [0.1, 0.15) is 12.6 Å². The van der Waals surface area contributed by atoms with Crippen molar-refractivity contribution in [3.8, 4) is 0 Å². The van der Waals surface area contributed by atoms with Crippen molar-refractivity contribution >= 4 is 12.1 Å². The fourth-order valence-electron chi connectivity index (χ4n) is 1.83. The summed E-state index contributed by atoms with van der Waals surface area (Å²) in [6, 6.07) is 8.73. The molecular formula is C16H23NO4. The van der Waals surface area contributed by atoms with Crippen LogP contribution in [0.3, 0.4) is 0 Å². The van der Waals surface area contributed by atoms with E-state index in [-0.39, 0.29) is 19.1 Å². The lowest BCUT2D eigenvalue weighted by molar-refractivity contribution is -0.147. The molecule has 0 spiro atoms. The molecule has 5 nitrogen and oxygen atoms in total. The molecule has 21 heavy (non-hydrogen) atoms. The minimum absolute atomic E-state index is 0.193. The maximum absolute atomic E-state index is 12.1. The molecule has 0 radical (unpaired) electrons. The zero-order valence-corrected chi connectivity index (χ0v) is 12.8. The van der Waals surface area contributed by atoms with Gasteiger partial charge in [-0.2, -0.15) is 0 Å². The Morgan fingerprint density at radius 1 is 1.14 bits per heavy atom. The third-order valence-corrected chi connectivity index (χ3v) is 2.78. The zero-order valence-electron chi connectivity index (χ0n) is 12.8. The van der Waals surface area contributed by atoms with Crippen molar-refractivity contribution in [3.63, 3.8) is 0 Å². The van der Waals surface area contributed by atoms with Crippen LogP contribution in [0, 0.1) is 5.92 Å². The molecule has 0 heterocycles. The molecule has 1 unspecified atom stereocenters. The van der Waals surface area contributed by atoms with Gasteiger partial charge in [0.15, 0.2) is 0 Å². The van der Waals surface area contributed by atoms with Crippen molar-refractivity contribution in [2.45, 2.75) is 39.8 Å². The van der Waals surface area contributed by atoms with Crippen LogP contribution in [0.15, 0.2) is 30.3 Å². The first kappa shape index (κ1) is 17.0. The fraction of sp³-hybridized carbons (Fsp3) is 0.500. The predicted octanol–water partition coefficient (Wildman–Crippen LogP) is 2.89. The highest BCUT2D eigenvalue weighted by molar-refractivity contribution is 5.81. The number of hydrogen-bond donors (Lipinski definition) is 1. The second kappa shape index (κ2) is 9.00. The lowest BCUT2D eigenvalue weighted by atomic mass is 10.0. The quantitative estimate of drug-likeness (QED) is 0.785. The Hall–Kier alpha value is -2.04. The molecule has 1 aromatic carbocycles. The highest BCUT2D eigenvalue weighted by Crippen LogP contribution is 2.09. The van der Waals surface area contributed by atoms with Crippen molar-refractivity contribution in [2.24, 2.45) is 5.92 Å². The van der Waals surface area contributed by atoms with Crippen LogP contribution in [-0.2, 0) is 20.9 Å². The summed E-state index contributed by atoms with van der Waals surface area (Å²) in [7, 11) is 0. The molecule has 0 saturated heterocycles. The summed E-state index contributed by atoms with van der Waals surface area (Å²) in [5.41, 5.74) is 0.908. The normalized spacial score (nSPS) is 11.8. The molecule has 0 aliphatic heterocycles. The molecule has 1 amide bonds. The van der Waals surface area contributed by atoms with E-state index in [1.54, 1.807) is 6.92 Å². The van der Waals surface area contributed by atoms with Crippen LogP contribution in [0.2, 0.25) is 0 Å². The lowest BCUT2D eigenvalue weighted by Gasteiger charge is -2.19. The van der Waals surface area contributed by atoms with Gasteiger partial charge in [0.25, 0.3) is 0 Å². The first-order chi connectivity index (χ1) is 10.0. The fourth-order valence-corrected chi connectivity index (χ4v) is 1.83. The predicted molar refractivity (Wildman–Crippen MR) is 79.6 cm³/mol. The number of esters is 1. The van der Waals surface area contributed by atoms with E-state index in [0.29, 0.717) is 6.42 Å². The highest BCUT2D eigenvalue weighted by atomic mass is 16.6. The molecule has 1 rings (SSSR count). The Labute approximate surface area is 125 Å². The number of hydrogen-bond acceptors (Lipinski definition) is 4. The number of benzene rings is 1. The molecule has 0 aliphatic carbocycles. The van der Waals surface area contributed by atoms with E-state index >= 15 is 0 Å². The summed E-state index contributed by atoms with van der Waals surface area (Å²) in [5, 5.41) is 2.55. The monoisotopic (exact) mass is 293 g/mol. The zero-order chi connectivity index (χ0) is 15.7. The van der Waals surface area contributed by atoms with Crippen LogP contribution in [0.5, 0.6) is 0 Å². The molecule has 0 aromatic heterocycles. The van der Waals surface area contributed by atoms with E-state index in [1.807, 2.05) is 44.2 Å². The summed E-state index contributed by atoms with van der Waals surface area (Å²) >= 11 is 0. The van der Waals surface area contributed by atoms with E-state index in [4.69, 9.17) is 9.47 Å². The Balaban J connectivity index is 2.56. The molecule has 1 atom stereocenters. The van der Waals surface area contributed by atoms with Crippen LogP contribution < -0.4 is 5.32 Å². The number of carbonyl (C=O) groups is 2. The van der Waals surface area contributed by atoms with Crippen LogP contribution >= 0.6 is 0 Å². The van der Waals surface area contributed by atoms with E-state index in [1.165, 1.54) is 0 Å². The van der Waals surface area contributed by atoms with E-state index in [9.17, 15) is 9.59 Å². The summed E-state index contributed by atoms with van der Waals surface area (Å²) in [6.07, 6.45) is -0.0910. The molecule has 1 aromatic rings. The van der Waals surface area contributed by atoms with Gasteiger partial charge >= 0.3 is 12.1 Å². The molecule has 116 valence electrons. The van der Waals surface area contributed by atoms with E-state index in [2.05, 4.69) is 5.32 Å². The van der Waals surface area contributed by atoms with Crippen molar-refractivity contribution in [1.82, 2.24) is 5.32 Å². The number of rotatable bonds is 7. The molecule has 0 bridgehead atoms. The van der Waals surface area contributed by atoms with Crippen LogP contribution in [0.1, 0.15) is 32.8 Å². The number of carbonyl (C=O) groups excluding carboxylic acids is 2. The molecule has 1 N–H and O–H groups in total. The summed E-state index contributed by atoms with van der Waals surface area (Å²) in [6.45, 7) is 6.12. The molecule has 0 aliphatic rings. The highest BCUT2D eigenvalue weighted by Gasteiger charge is 2.23. The van der Waals surface area contributed by atoms with Gasteiger partial charge in [0.2, 0.25) is 0 Å². The number of nitrogens with one attached hydrogen (secondary N) is 1. The average molecular weight is 293 g/mol. The molecule has 0 fully saturated rings. The van der Waals surface area contributed by atoms with Crippen molar-refractivity contribution in [2.75, 3.05) is 6.61 Å². The van der Waals surface area contributed by atoms with Crippen LogP contribution in [-0.4, -0.2) is 24.7 Å². The number of alkyl carbamates (subject to hydrolysis) is 1. The summed E-state index contributed by atoms with van der Waals surface area (Å²) in [4.78, 5) is 23.6. The lowest BCUT2D eigenvalue weighted by Crippen LogP contribution is -2.42. The second-order valence-corrected chi connectivity index (χ2v) is 5.14. The minimum Gasteiger partial charge on any atom is -0.459 e. The molecule has 5 heteroatoms. The van der Waals surface area contributed by atoms with Crippen molar-refractivity contribution in [3.05, 3.63) is 35.9 Å². The van der Waals surface area contributed by atoms with E-state index < -0.39 is 18.1 Å². The third-order valence-electron chi connectivity index (χ3n) is 2.78. The Morgan fingerprint density at radius 2 is 1.81 bits per heavy atom. The Morgan fingerprint density at radius 3 is 2.38 bits per heavy atom. The average Bonchev–Trinajstić information content (AvgIpc) is 2.45. The Kier molecular flexibility index (Phi) is 7.29. The Bertz CT molecular complexity index is 445. The smallest absolute Gasteiger partial charge is 0.407 e. The SMILES string of the molecule is CCOC(=O)NC(CC(C)C)C(=O)OCc1ccccc1. The van der Waals surface area contributed by atoms with Gasteiger partial charge in [-0.3, -0.25) is 0 Å². The van der Waals surface area contributed by atoms with Crippen molar-refractivity contribution < 1.29 is 19.1 Å². The minimum atomic E-state index is -0.687.